The van der Waals surface area contributed by atoms with Crippen molar-refractivity contribution in [2.24, 2.45) is 0 Å². The molecule has 1 aromatic rings. The summed E-state index contributed by atoms with van der Waals surface area (Å²) in [6.07, 6.45) is 2.20. The normalized spacial score (nSPS) is 16.5. The Hall–Kier alpha value is -0.880. The molecule has 1 aliphatic rings. The first kappa shape index (κ1) is 17.5. The molecule has 1 aromatic heterocycles. The summed E-state index contributed by atoms with van der Waals surface area (Å²) < 4.78 is 7.78. The molecule has 0 saturated carbocycles. The Bertz CT molecular complexity index is 397. The number of nitrogens with zero attached hydrogens (tertiary/aromatic N) is 3. The molecule has 0 atom stereocenters. The molecule has 0 bridgehead atoms. The van der Waals surface area contributed by atoms with Gasteiger partial charge in [0.25, 0.3) is 0 Å². The van der Waals surface area contributed by atoms with Crippen molar-refractivity contribution in [1.82, 2.24) is 19.7 Å². The predicted molar refractivity (Wildman–Crippen MR) is 91.2 cm³/mol. The molecule has 2 heterocycles. The van der Waals surface area contributed by atoms with E-state index in [1.54, 1.807) is 0 Å². The molecular weight excluding hydrogens is 276 g/mol. The van der Waals surface area contributed by atoms with Gasteiger partial charge in [-0.3, -0.25) is 4.90 Å². The molecule has 126 valence electrons. The average Bonchev–Trinajstić information content (AvgIpc) is 3.01. The van der Waals surface area contributed by atoms with Gasteiger partial charge in [0, 0.05) is 57.7 Å². The van der Waals surface area contributed by atoms with Crippen LogP contribution in [0.1, 0.15) is 19.5 Å². The monoisotopic (exact) mass is 308 g/mol. The van der Waals surface area contributed by atoms with Crippen molar-refractivity contribution in [3.05, 3.63) is 24.0 Å². The number of rotatable bonds is 10. The van der Waals surface area contributed by atoms with Gasteiger partial charge in [-0.05, 0) is 25.2 Å². The summed E-state index contributed by atoms with van der Waals surface area (Å²) in [5.41, 5.74) is 1.38. The summed E-state index contributed by atoms with van der Waals surface area (Å²) in [7, 11) is 0. The molecule has 5 nitrogen and oxygen atoms in total. The van der Waals surface area contributed by atoms with Crippen molar-refractivity contribution in [3.8, 4) is 0 Å². The zero-order valence-electron chi connectivity index (χ0n) is 14.3. The van der Waals surface area contributed by atoms with Gasteiger partial charge < -0.3 is 19.5 Å². The van der Waals surface area contributed by atoms with Crippen LogP contribution in [0, 0.1) is 0 Å². The van der Waals surface area contributed by atoms with E-state index in [9.17, 15) is 0 Å². The van der Waals surface area contributed by atoms with E-state index in [-0.39, 0.29) is 0 Å². The summed E-state index contributed by atoms with van der Waals surface area (Å²) in [5.74, 6) is 0. The Morgan fingerprint density at radius 2 is 1.95 bits per heavy atom. The number of hydrogen-bond acceptors (Lipinski definition) is 4. The minimum atomic E-state index is 0.880. The van der Waals surface area contributed by atoms with Gasteiger partial charge in [0.1, 0.15) is 0 Å². The van der Waals surface area contributed by atoms with Crippen LogP contribution in [-0.4, -0.2) is 73.4 Å². The van der Waals surface area contributed by atoms with Crippen molar-refractivity contribution in [1.29, 1.82) is 0 Å². The maximum absolute atomic E-state index is 5.40. The second kappa shape index (κ2) is 10.0. The standard InChI is InChI=1S/C17H32N4O/c1-3-19(4-2)9-7-18-16-17-6-5-8-21(17)11-10-20-12-14-22-15-13-20/h5-6,8,18H,3-4,7,9-16H2,1-2H3. The van der Waals surface area contributed by atoms with Crippen molar-refractivity contribution >= 4 is 0 Å². The minimum Gasteiger partial charge on any atom is -0.379 e. The molecule has 22 heavy (non-hydrogen) atoms. The van der Waals surface area contributed by atoms with Crippen LogP contribution >= 0.6 is 0 Å². The zero-order chi connectivity index (χ0) is 15.6. The molecule has 1 saturated heterocycles. The lowest BCUT2D eigenvalue weighted by molar-refractivity contribution is 0.0363. The van der Waals surface area contributed by atoms with Gasteiger partial charge in [0.05, 0.1) is 13.2 Å². The lowest BCUT2D eigenvalue weighted by atomic mass is 10.3. The van der Waals surface area contributed by atoms with Crippen molar-refractivity contribution in [2.45, 2.75) is 26.9 Å². The van der Waals surface area contributed by atoms with Crippen molar-refractivity contribution < 1.29 is 4.74 Å². The number of hydrogen-bond donors (Lipinski definition) is 1. The smallest absolute Gasteiger partial charge is 0.0594 e. The van der Waals surface area contributed by atoms with Crippen LogP contribution in [0.15, 0.2) is 18.3 Å². The largest absolute Gasteiger partial charge is 0.379 e. The van der Waals surface area contributed by atoms with Crippen LogP contribution < -0.4 is 5.32 Å². The van der Waals surface area contributed by atoms with Crippen LogP contribution in [0.5, 0.6) is 0 Å². The highest BCUT2D eigenvalue weighted by Gasteiger charge is 2.10. The number of morpholine rings is 1. The Labute approximate surface area is 135 Å². The summed E-state index contributed by atoms with van der Waals surface area (Å²) >= 11 is 0. The fourth-order valence-corrected chi connectivity index (χ4v) is 2.90. The zero-order valence-corrected chi connectivity index (χ0v) is 14.3. The quantitative estimate of drug-likeness (QED) is 0.660. The van der Waals surface area contributed by atoms with E-state index in [0.717, 1.165) is 72.1 Å². The lowest BCUT2D eigenvalue weighted by Crippen LogP contribution is -2.38. The molecule has 0 spiro atoms. The highest BCUT2D eigenvalue weighted by atomic mass is 16.5. The molecule has 1 N–H and O–H groups in total. The van der Waals surface area contributed by atoms with Crippen LogP contribution in [0.2, 0.25) is 0 Å². The van der Waals surface area contributed by atoms with E-state index in [1.807, 2.05) is 0 Å². The first-order valence-corrected chi connectivity index (χ1v) is 8.70. The molecule has 0 amide bonds. The Morgan fingerprint density at radius 3 is 2.68 bits per heavy atom. The first-order chi connectivity index (χ1) is 10.8. The fraction of sp³-hybridized carbons (Fsp3) is 0.765. The van der Waals surface area contributed by atoms with Gasteiger partial charge in [-0.25, -0.2) is 0 Å². The Balaban J connectivity index is 1.67. The maximum atomic E-state index is 5.40. The van der Waals surface area contributed by atoms with E-state index in [0.29, 0.717) is 0 Å². The van der Waals surface area contributed by atoms with Gasteiger partial charge in [0.2, 0.25) is 0 Å². The van der Waals surface area contributed by atoms with Gasteiger partial charge >= 0.3 is 0 Å². The van der Waals surface area contributed by atoms with Crippen molar-refractivity contribution in [2.75, 3.05) is 59.0 Å². The number of nitrogens with one attached hydrogen (secondary N) is 1. The van der Waals surface area contributed by atoms with E-state index in [1.165, 1.54) is 5.69 Å². The number of likely N-dealkylation sites (N-methyl/N-ethyl adjacent to an activating group) is 1. The fourth-order valence-electron chi connectivity index (χ4n) is 2.90. The second-order valence-electron chi connectivity index (χ2n) is 5.85. The molecule has 1 aliphatic heterocycles. The summed E-state index contributed by atoms with van der Waals surface area (Å²) in [6.45, 7) is 15.9. The van der Waals surface area contributed by atoms with Crippen molar-refractivity contribution in [3.63, 3.8) is 0 Å². The first-order valence-electron chi connectivity index (χ1n) is 8.70. The molecule has 0 radical (unpaired) electrons. The summed E-state index contributed by atoms with van der Waals surface area (Å²) in [4.78, 5) is 4.94. The number of ether oxygens (including phenoxy) is 1. The molecular formula is C17H32N4O. The highest BCUT2D eigenvalue weighted by Crippen LogP contribution is 2.04. The average molecular weight is 308 g/mol. The molecule has 5 heteroatoms. The maximum Gasteiger partial charge on any atom is 0.0594 e. The van der Waals surface area contributed by atoms with Crippen LogP contribution in [-0.2, 0) is 17.8 Å². The SMILES string of the molecule is CCN(CC)CCNCc1cccn1CCN1CCOCC1. The lowest BCUT2D eigenvalue weighted by Gasteiger charge is -2.27. The third kappa shape index (κ3) is 5.72. The predicted octanol–water partition coefficient (Wildman–Crippen LogP) is 1.25. The van der Waals surface area contributed by atoms with Crippen LogP contribution in [0.25, 0.3) is 0 Å². The number of aromatic nitrogens is 1. The van der Waals surface area contributed by atoms with E-state index >= 15 is 0 Å². The minimum absolute atomic E-state index is 0.880. The molecule has 1 fully saturated rings. The molecule has 2 rings (SSSR count). The molecule has 0 aromatic carbocycles. The van der Waals surface area contributed by atoms with Gasteiger partial charge in [-0.15, -0.1) is 0 Å². The van der Waals surface area contributed by atoms with Gasteiger partial charge in [0.15, 0.2) is 0 Å². The summed E-state index contributed by atoms with van der Waals surface area (Å²) in [5, 5.41) is 3.57. The Kier molecular flexibility index (Phi) is 7.94. The van der Waals surface area contributed by atoms with E-state index in [2.05, 4.69) is 51.9 Å². The molecule has 0 aliphatic carbocycles. The molecule has 0 unspecified atom stereocenters. The van der Waals surface area contributed by atoms with E-state index in [4.69, 9.17) is 4.74 Å². The third-order valence-electron chi connectivity index (χ3n) is 4.49. The van der Waals surface area contributed by atoms with Gasteiger partial charge in [-0.2, -0.15) is 0 Å². The third-order valence-corrected chi connectivity index (χ3v) is 4.49. The topological polar surface area (TPSA) is 32.7 Å². The summed E-state index contributed by atoms with van der Waals surface area (Å²) in [6, 6.07) is 4.38. The van der Waals surface area contributed by atoms with Gasteiger partial charge in [-0.1, -0.05) is 13.8 Å². The van der Waals surface area contributed by atoms with Crippen LogP contribution in [0.4, 0.5) is 0 Å². The van der Waals surface area contributed by atoms with E-state index < -0.39 is 0 Å². The second-order valence-corrected chi connectivity index (χ2v) is 5.85. The highest BCUT2D eigenvalue weighted by molar-refractivity contribution is 5.07. The Morgan fingerprint density at radius 1 is 1.18 bits per heavy atom. The van der Waals surface area contributed by atoms with Crippen LogP contribution in [0.3, 0.4) is 0 Å².